The van der Waals surface area contributed by atoms with Crippen LogP contribution in [0.1, 0.15) is 90.5 Å². The monoisotopic (exact) mass is 576 g/mol. The van der Waals surface area contributed by atoms with Crippen LogP contribution in [0.5, 0.6) is 0 Å². The number of aliphatic hydroxyl groups excluding tert-OH is 2. The van der Waals surface area contributed by atoms with E-state index in [1.165, 1.54) is 31.2 Å². The van der Waals surface area contributed by atoms with E-state index in [0.717, 1.165) is 64.8 Å². The van der Waals surface area contributed by atoms with E-state index in [-0.39, 0.29) is 23.0 Å². The number of benzene rings is 1. The van der Waals surface area contributed by atoms with E-state index in [4.69, 9.17) is 0 Å². The quantitative estimate of drug-likeness (QED) is 0.403. The Balaban J connectivity index is 0.995. The van der Waals surface area contributed by atoms with Gasteiger partial charge in [-0.2, -0.15) is 0 Å². The zero-order valence-corrected chi connectivity index (χ0v) is 26.5. The molecule has 1 aromatic rings. The minimum absolute atomic E-state index is 0.175. The maximum absolute atomic E-state index is 13.3. The van der Waals surface area contributed by atoms with Crippen LogP contribution in [0.3, 0.4) is 0 Å². The molecule has 1 heterocycles. The summed E-state index contributed by atoms with van der Waals surface area (Å²) in [5, 5.41) is 21.9. The van der Waals surface area contributed by atoms with E-state index in [0.29, 0.717) is 47.8 Å². The first kappa shape index (κ1) is 30.3. The molecule has 232 valence electrons. The highest BCUT2D eigenvalue weighted by Crippen LogP contribution is 2.68. The smallest absolute Gasteiger partial charge is 0.222 e. The third-order valence-corrected chi connectivity index (χ3v) is 13.4. The van der Waals surface area contributed by atoms with Crippen molar-refractivity contribution in [3.63, 3.8) is 0 Å². The van der Waals surface area contributed by atoms with Crippen molar-refractivity contribution in [3.05, 3.63) is 42.0 Å². The van der Waals surface area contributed by atoms with E-state index < -0.39 is 0 Å². The van der Waals surface area contributed by atoms with Crippen molar-refractivity contribution in [2.45, 2.75) is 97.2 Å². The van der Waals surface area contributed by atoms with Crippen LogP contribution in [0.25, 0.3) is 6.08 Å². The molecular formula is C37H56N2O3. The second-order valence-corrected chi connectivity index (χ2v) is 15.5. The fraction of sp³-hybridized carbons (Fsp3) is 0.757. The number of fused-ring (bicyclic) bond motifs is 5. The molecule has 10 atom stereocenters. The molecule has 0 radical (unpaired) electrons. The number of nitrogens with zero attached hydrogens (tertiary/aromatic N) is 2. The van der Waals surface area contributed by atoms with E-state index in [9.17, 15) is 15.0 Å². The highest BCUT2D eigenvalue weighted by molar-refractivity contribution is 5.76. The van der Waals surface area contributed by atoms with E-state index >= 15 is 0 Å². The topological polar surface area (TPSA) is 64.0 Å². The maximum Gasteiger partial charge on any atom is 0.222 e. The van der Waals surface area contributed by atoms with Crippen molar-refractivity contribution in [2.75, 3.05) is 32.7 Å². The number of aliphatic hydroxyl groups is 2. The van der Waals surface area contributed by atoms with Gasteiger partial charge >= 0.3 is 0 Å². The normalized spacial score (nSPS) is 41.3. The zero-order chi connectivity index (χ0) is 29.5. The summed E-state index contributed by atoms with van der Waals surface area (Å²) in [5.41, 5.74) is 1.79. The molecule has 4 aliphatic carbocycles. The summed E-state index contributed by atoms with van der Waals surface area (Å²) in [7, 11) is 0. The van der Waals surface area contributed by atoms with Crippen LogP contribution in [0.15, 0.2) is 36.4 Å². The summed E-state index contributed by atoms with van der Waals surface area (Å²) in [4.78, 5) is 17.8. The molecule has 5 aliphatic rings. The summed E-state index contributed by atoms with van der Waals surface area (Å²) < 4.78 is 0. The van der Waals surface area contributed by atoms with Gasteiger partial charge in [0.25, 0.3) is 0 Å². The van der Waals surface area contributed by atoms with Gasteiger partial charge in [0.1, 0.15) is 0 Å². The van der Waals surface area contributed by atoms with Crippen LogP contribution in [-0.2, 0) is 4.79 Å². The van der Waals surface area contributed by atoms with Crippen molar-refractivity contribution in [1.29, 1.82) is 0 Å². The van der Waals surface area contributed by atoms with E-state index in [1.807, 2.05) is 6.07 Å². The van der Waals surface area contributed by atoms with Crippen LogP contribution < -0.4 is 0 Å². The molecule has 1 aliphatic heterocycles. The molecule has 1 saturated heterocycles. The molecule has 4 saturated carbocycles. The second kappa shape index (κ2) is 12.4. The standard InChI is InChI=1S/C37H56N2O3/c1-26(11-14-34(42)39-22-20-38(21-23-39)19-7-10-27-8-5-4-6-9-27)30-12-13-31-35-32(16-18-37(30,31)3)36(2)17-15-29(40)24-28(36)25-33(35)41/h4-10,26,28-33,35,40-41H,11-25H2,1-3H3/b10-7+/t26-,28+,29-,30?,31+,32+,33-,35+,36+,37-/m1/s1. The number of rotatable bonds is 7. The Kier molecular flexibility index (Phi) is 8.93. The number of carbonyl (C=O) groups is 1. The summed E-state index contributed by atoms with van der Waals surface area (Å²) in [6, 6.07) is 10.4. The predicted octanol–water partition coefficient (Wildman–Crippen LogP) is 6.25. The first-order valence-electron chi connectivity index (χ1n) is 17.3. The van der Waals surface area contributed by atoms with Crippen LogP contribution in [0.2, 0.25) is 0 Å². The van der Waals surface area contributed by atoms with Crippen molar-refractivity contribution >= 4 is 12.0 Å². The first-order chi connectivity index (χ1) is 20.2. The molecule has 0 aromatic heterocycles. The summed E-state index contributed by atoms with van der Waals surface area (Å²) in [6.07, 6.45) is 14.5. The first-order valence-corrected chi connectivity index (χ1v) is 17.3. The maximum atomic E-state index is 13.3. The van der Waals surface area contributed by atoms with Gasteiger partial charge in [-0.15, -0.1) is 0 Å². The lowest BCUT2D eigenvalue weighted by atomic mass is 9.43. The number of piperazine rings is 1. The largest absolute Gasteiger partial charge is 0.393 e. The highest BCUT2D eigenvalue weighted by Gasteiger charge is 2.62. The van der Waals surface area contributed by atoms with Gasteiger partial charge < -0.3 is 15.1 Å². The van der Waals surface area contributed by atoms with Crippen molar-refractivity contribution in [3.8, 4) is 0 Å². The molecule has 5 nitrogen and oxygen atoms in total. The fourth-order valence-corrected chi connectivity index (χ4v) is 11.0. The van der Waals surface area contributed by atoms with Crippen LogP contribution in [0, 0.1) is 46.3 Å². The molecule has 1 unspecified atom stereocenters. The van der Waals surface area contributed by atoms with Crippen molar-refractivity contribution in [1.82, 2.24) is 9.80 Å². The number of carbonyl (C=O) groups excluding carboxylic acids is 1. The van der Waals surface area contributed by atoms with Crippen LogP contribution in [0.4, 0.5) is 0 Å². The average molecular weight is 577 g/mol. The van der Waals surface area contributed by atoms with E-state index in [1.54, 1.807) is 0 Å². The molecule has 1 aromatic carbocycles. The van der Waals surface area contributed by atoms with Gasteiger partial charge in [0.15, 0.2) is 0 Å². The summed E-state index contributed by atoms with van der Waals surface area (Å²) in [5.74, 6) is 3.61. The van der Waals surface area contributed by atoms with Crippen molar-refractivity contribution < 1.29 is 15.0 Å². The Labute approximate surface area is 254 Å². The minimum Gasteiger partial charge on any atom is -0.393 e. The van der Waals surface area contributed by atoms with Gasteiger partial charge in [-0.3, -0.25) is 9.69 Å². The predicted molar refractivity (Wildman–Crippen MR) is 170 cm³/mol. The molecule has 6 rings (SSSR count). The molecular weight excluding hydrogens is 520 g/mol. The Hall–Kier alpha value is -1.69. The van der Waals surface area contributed by atoms with Gasteiger partial charge in [0, 0.05) is 39.1 Å². The van der Waals surface area contributed by atoms with Gasteiger partial charge in [-0.25, -0.2) is 0 Å². The lowest BCUT2D eigenvalue weighted by Crippen LogP contribution is -2.58. The van der Waals surface area contributed by atoms with E-state index in [2.05, 4.69) is 67.0 Å². The molecule has 42 heavy (non-hydrogen) atoms. The molecule has 2 N–H and O–H groups in total. The SMILES string of the molecule is C[C@H](CCC(=O)N1CCN(C/C=C/c2ccccc2)CC1)C1CC[C@H]2[C@@H]3[C@H](O)C[C@@H]4C[C@H](O)CC[C@]4(C)[C@H]3CC[C@]12C. The van der Waals surface area contributed by atoms with Gasteiger partial charge in [-0.1, -0.05) is 63.3 Å². The second-order valence-electron chi connectivity index (χ2n) is 15.5. The zero-order valence-electron chi connectivity index (χ0n) is 26.5. The van der Waals surface area contributed by atoms with Gasteiger partial charge in [-0.05, 0) is 110 Å². The molecule has 1 amide bonds. The lowest BCUT2D eigenvalue weighted by molar-refractivity contribution is -0.174. The number of hydrogen-bond donors (Lipinski definition) is 2. The third-order valence-electron chi connectivity index (χ3n) is 13.4. The molecule has 5 heteroatoms. The Morgan fingerprint density at radius 3 is 2.43 bits per heavy atom. The molecule has 5 fully saturated rings. The fourth-order valence-electron chi connectivity index (χ4n) is 11.0. The highest BCUT2D eigenvalue weighted by atomic mass is 16.3. The molecule has 0 bridgehead atoms. The minimum atomic E-state index is -0.217. The lowest BCUT2D eigenvalue weighted by Gasteiger charge is -2.62. The molecule has 0 spiro atoms. The average Bonchev–Trinajstić information content (AvgIpc) is 3.35. The Morgan fingerprint density at radius 1 is 0.952 bits per heavy atom. The van der Waals surface area contributed by atoms with Gasteiger partial charge in [0.05, 0.1) is 12.2 Å². The summed E-state index contributed by atoms with van der Waals surface area (Å²) in [6.45, 7) is 12.0. The number of hydrogen-bond acceptors (Lipinski definition) is 4. The summed E-state index contributed by atoms with van der Waals surface area (Å²) >= 11 is 0. The van der Waals surface area contributed by atoms with Crippen molar-refractivity contribution in [2.24, 2.45) is 46.3 Å². The van der Waals surface area contributed by atoms with Crippen LogP contribution in [-0.4, -0.2) is 70.9 Å². The number of amides is 1. The third kappa shape index (κ3) is 5.75. The Bertz CT molecular complexity index is 1100. The van der Waals surface area contributed by atoms with Crippen LogP contribution >= 0.6 is 0 Å². The Morgan fingerprint density at radius 2 is 1.67 bits per heavy atom. The van der Waals surface area contributed by atoms with Gasteiger partial charge in [0.2, 0.25) is 5.91 Å².